The summed E-state index contributed by atoms with van der Waals surface area (Å²) in [6, 6.07) is 9.48. The molecule has 1 unspecified atom stereocenters. The topological polar surface area (TPSA) is 44.0 Å². The predicted octanol–water partition coefficient (Wildman–Crippen LogP) is 3.74. The van der Waals surface area contributed by atoms with Crippen molar-refractivity contribution in [1.82, 2.24) is 0 Å². The zero-order valence-corrected chi connectivity index (χ0v) is 11.0. The first-order valence-electron chi connectivity index (χ1n) is 6.87. The van der Waals surface area contributed by atoms with E-state index in [9.17, 15) is 5.11 Å². The predicted molar refractivity (Wildman–Crippen MR) is 71.9 cm³/mol. The van der Waals surface area contributed by atoms with Gasteiger partial charge in [-0.2, -0.15) is 5.26 Å². The molecule has 0 spiro atoms. The number of hydrogen-bond acceptors (Lipinski definition) is 2. The SMILES string of the molecule is CC(O)(c1ccc(C#N)cc1)C1CCCCCC1. The van der Waals surface area contributed by atoms with E-state index in [-0.39, 0.29) is 0 Å². The average Bonchev–Trinajstić information content (AvgIpc) is 2.68. The molecule has 2 nitrogen and oxygen atoms in total. The van der Waals surface area contributed by atoms with Gasteiger partial charge in [-0.15, -0.1) is 0 Å². The van der Waals surface area contributed by atoms with Crippen molar-refractivity contribution in [3.63, 3.8) is 0 Å². The van der Waals surface area contributed by atoms with Gasteiger partial charge >= 0.3 is 0 Å². The van der Waals surface area contributed by atoms with Gasteiger partial charge in [-0.1, -0.05) is 37.8 Å². The molecule has 1 saturated carbocycles. The van der Waals surface area contributed by atoms with Gasteiger partial charge in [0.15, 0.2) is 0 Å². The van der Waals surface area contributed by atoms with E-state index in [4.69, 9.17) is 5.26 Å². The van der Waals surface area contributed by atoms with Crippen molar-refractivity contribution in [3.8, 4) is 6.07 Å². The van der Waals surface area contributed by atoms with Crippen molar-refractivity contribution in [2.24, 2.45) is 5.92 Å². The highest BCUT2D eigenvalue weighted by Crippen LogP contribution is 2.38. The van der Waals surface area contributed by atoms with Crippen molar-refractivity contribution >= 4 is 0 Å². The Morgan fingerprint density at radius 1 is 1.11 bits per heavy atom. The largest absolute Gasteiger partial charge is 0.385 e. The Kier molecular flexibility index (Phi) is 4.04. The Hall–Kier alpha value is -1.33. The maximum atomic E-state index is 10.8. The van der Waals surface area contributed by atoms with Crippen molar-refractivity contribution in [2.75, 3.05) is 0 Å². The molecule has 0 aromatic heterocycles. The first-order chi connectivity index (χ1) is 8.64. The van der Waals surface area contributed by atoms with Crippen LogP contribution < -0.4 is 0 Å². The first kappa shape index (κ1) is 13.1. The summed E-state index contributed by atoms with van der Waals surface area (Å²) in [5.41, 5.74) is 0.821. The number of rotatable bonds is 2. The van der Waals surface area contributed by atoms with Crippen LogP contribution in [-0.4, -0.2) is 5.11 Å². The van der Waals surface area contributed by atoms with E-state index < -0.39 is 5.60 Å². The molecule has 0 aliphatic heterocycles. The van der Waals surface area contributed by atoms with E-state index in [1.807, 2.05) is 19.1 Å². The second kappa shape index (κ2) is 5.54. The lowest BCUT2D eigenvalue weighted by atomic mass is 9.78. The number of nitriles is 1. The lowest BCUT2D eigenvalue weighted by Crippen LogP contribution is -2.31. The Morgan fingerprint density at radius 2 is 1.67 bits per heavy atom. The van der Waals surface area contributed by atoms with Crippen LogP contribution in [0, 0.1) is 17.2 Å². The Morgan fingerprint density at radius 3 is 2.17 bits per heavy atom. The molecule has 1 aromatic carbocycles. The fraction of sp³-hybridized carbons (Fsp3) is 0.562. The standard InChI is InChI=1S/C16H21NO/c1-16(18,14-6-4-2-3-5-7-14)15-10-8-13(12-17)9-11-15/h8-11,14,18H,2-7H2,1H3. The molecule has 0 amide bonds. The fourth-order valence-electron chi connectivity index (χ4n) is 2.96. The van der Waals surface area contributed by atoms with Crippen LogP contribution in [0.3, 0.4) is 0 Å². The molecule has 1 aromatic rings. The molecule has 0 heterocycles. The van der Waals surface area contributed by atoms with Crippen molar-refractivity contribution < 1.29 is 5.11 Å². The second-order valence-electron chi connectivity index (χ2n) is 5.53. The maximum Gasteiger partial charge on any atom is 0.0991 e. The zero-order valence-electron chi connectivity index (χ0n) is 11.0. The van der Waals surface area contributed by atoms with Gasteiger partial charge in [-0.05, 0) is 43.4 Å². The summed E-state index contributed by atoms with van der Waals surface area (Å²) in [7, 11) is 0. The van der Waals surface area contributed by atoms with Gasteiger partial charge in [0.25, 0.3) is 0 Å². The lowest BCUT2D eigenvalue weighted by molar-refractivity contribution is -0.0126. The van der Waals surface area contributed by atoms with Crippen LogP contribution in [0.15, 0.2) is 24.3 Å². The van der Waals surface area contributed by atoms with Gasteiger partial charge in [0.05, 0.1) is 17.2 Å². The third kappa shape index (κ3) is 2.73. The van der Waals surface area contributed by atoms with Crippen LogP contribution >= 0.6 is 0 Å². The van der Waals surface area contributed by atoms with Gasteiger partial charge in [0.2, 0.25) is 0 Å². The molecule has 1 aliphatic rings. The highest BCUT2D eigenvalue weighted by atomic mass is 16.3. The molecule has 0 bridgehead atoms. The minimum atomic E-state index is -0.766. The normalized spacial score (nSPS) is 20.7. The number of hydrogen-bond donors (Lipinski definition) is 1. The second-order valence-corrected chi connectivity index (χ2v) is 5.53. The summed E-state index contributed by atoms with van der Waals surface area (Å²) in [5, 5.41) is 19.6. The Labute approximate surface area is 109 Å². The lowest BCUT2D eigenvalue weighted by Gasteiger charge is -2.33. The number of nitrogens with zero attached hydrogens (tertiary/aromatic N) is 1. The van der Waals surface area contributed by atoms with Crippen molar-refractivity contribution in [2.45, 2.75) is 51.0 Å². The molecule has 2 rings (SSSR count). The first-order valence-corrected chi connectivity index (χ1v) is 6.87. The maximum absolute atomic E-state index is 10.8. The Balaban J connectivity index is 2.19. The minimum absolute atomic E-state index is 0.341. The molecule has 1 aliphatic carbocycles. The van der Waals surface area contributed by atoms with Gasteiger partial charge < -0.3 is 5.11 Å². The molecule has 1 fully saturated rings. The highest BCUT2D eigenvalue weighted by molar-refractivity contribution is 5.34. The smallest absolute Gasteiger partial charge is 0.0991 e. The molecule has 0 saturated heterocycles. The number of aliphatic hydroxyl groups is 1. The molecule has 1 atom stereocenters. The molecular weight excluding hydrogens is 222 g/mol. The summed E-state index contributed by atoms with van der Waals surface area (Å²) >= 11 is 0. The third-order valence-corrected chi connectivity index (χ3v) is 4.25. The summed E-state index contributed by atoms with van der Waals surface area (Å²) < 4.78 is 0. The van der Waals surface area contributed by atoms with Crippen LogP contribution in [-0.2, 0) is 5.60 Å². The molecule has 0 radical (unpaired) electrons. The van der Waals surface area contributed by atoms with E-state index in [2.05, 4.69) is 6.07 Å². The van der Waals surface area contributed by atoms with E-state index >= 15 is 0 Å². The van der Waals surface area contributed by atoms with Gasteiger partial charge in [-0.3, -0.25) is 0 Å². The highest BCUT2D eigenvalue weighted by Gasteiger charge is 2.33. The minimum Gasteiger partial charge on any atom is -0.385 e. The van der Waals surface area contributed by atoms with Crippen molar-refractivity contribution in [1.29, 1.82) is 5.26 Å². The van der Waals surface area contributed by atoms with Crippen LogP contribution in [0.2, 0.25) is 0 Å². The van der Waals surface area contributed by atoms with Crippen LogP contribution in [0.25, 0.3) is 0 Å². The molecular formula is C16H21NO. The molecule has 1 N–H and O–H groups in total. The van der Waals surface area contributed by atoms with Gasteiger partial charge in [0.1, 0.15) is 0 Å². The summed E-state index contributed by atoms with van der Waals surface area (Å²) in [6.07, 6.45) is 7.23. The summed E-state index contributed by atoms with van der Waals surface area (Å²) in [4.78, 5) is 0. The van der Waals surface area contributed by atoms with Gasteiger partial charge in [0, 0.05) is 0 Å². The molecule has 96 valence electrons. The molecule has 2 heteroatoms. The van der Waals surface area contributed by atoms with Crippen LogP contribution in [0.1, 0.15) is 56.6 Å². The van der Waals surface area contributed by atoms with Crippen molar-refractivity contribution in [3.05, 3.63) is 35.4 Å². The number of benzene rings is 1. The quantitative estimate of drug-likeness (QED) is 0.804. The average molecular weight is 243 g/mol. The summed E-state index contributed by atoms with van der Waals surface area (Å²) in [5.74, 6) is 0.341. The van der Waals surface area contributed by atoms with Crippen LogP contribution in [0.4, 0.5) is 0 Å². The monoisotopic (exact) mass is 243 g/mol. The van der Waals surface area contributed by atoms with E-state index in [0.29, 0.717) is 11.5 Å². The fourth-order valence-corrected chi connectivity index (χ4v) is 2.96. The van der Waals surface area contributed by atoms with E-state index in [1.165, 1.54) is 25.7 Å². The molecule has 18 heavy (non-hydrogen) atoms. The van der Waals surface area contributed by atoms with E-state index in [1.54, 1.807) is 12.1 Å². The van der Waals surface area contributed by atoms with Gasteiger partial charge in [-0.25, -0.2) is 0 Å². The van der Waals surface area contributed by atoms with E-state index in [0.717, 1.165) is 18.4 Å². The zero-order chi connectivity index (χ0) is 13.0. The third-order valence-electron chi connectivity index (χ3n) is 4.25. The van der Waals surface area contributed by atoms with Crippen LogP contribution in [0.5, 0.6) is 0 Å². The Bertz CT molecular complexity index is 419. The summed E-state index contributed by atoms with van der Waals surface area (Å²) in [6.45, 7) is 1.92.